The van der Waals surface area contributed by atoms with Crippen LogP contribution in [0.15, 0.2) is 0 Å². The summed E-state index contributed by atoms with van der Waals surface area (Å²) in [6.07, 6.45) is -5.68. The summed E-state index contributed by atoms with van der Waals surface area (Å²) in [6, 6.07) is -1.26. The zero-order valence-corrected chi connectivity index (χ0v) is 6.30. The van der Waals surface area contributed by atoms with Gasteiger partial charge in [-0.2, -0.15) is 0 Å². The molecule has 5 N–H and O–H groups in total. The van der Waals surface area contributed by atoms with Gasteiger partial charge >= 0.3 is 0 Å². The molecule has 0 aromatic heterocycles. The molecule has 1 fully saturated rings. The monoisotopic (exact) mass is 181 g/mol. The van der Waals surface area contributed by atoms with Crippen LogP contribution in [0.2, 0.25) is 0 Å². The highest BCUT2D eigenvalue weighted by Crippen LogP contribution is 2.19. The molecule has 0 spiro atoms. The van der Waals surface area contributed by atoms with Crippen LogP contribution in [0.1, 0.15) is 0 Å². The standard InChI is InChI=1S/C6H12FNO4/c7-6-3(8)5(11)4(10)2(1-9)12-6/h2-6,9-11H,1,8H2/t2-,3-,4-,5-,6?/m1/s1. The zero-order chi connectivity index (χ0) is 9.30. The Hall–Kier alpha value is -0.270. The summed E-state index contributed by atoms with van der Waals surface area (Å²) in [6.45, 7) is -0.550. The van der Waals surface area contributed by atoms with E-state index in [0.29, 0.717) is 0 Å². The van der Waals surface area contributed by atoms with E-state index in [9.17, 15) is 4.39 Å². The van der Waals surface area contributed by atoms with Crippen LogP contribution in [-0.4, -0.2) is 52.6 Å². The Labute approximate surface area is 68.6 Å². The van der Waals surface area contributed by atoms with Gasteiger partial charge in [-0.25, -0.2) is 4.39 Å². The van der Waals surface area contributed by atoms with E-state index in [2.05, 4.69) is 4.74 Å². The van der Waals surface area contributed by atoms with Crippen LogP contribution in [0.25, 0.3) is 0 Å². The van der Waals surface area contributed by atoms with Gasteiger partial charge in [0, 0.05) is 0 Å². The van der Waals surface area contributed by atoms with Crippen molar-refractivity contribution < 1.29 is 24.4 Å². The molecule has 0 amide bonds. The Morgan fingerprint density at radius 1 is 1.33 bits per heavy atom. The third-order valence-electron chi connectivity index (χ3n) is 1.91. The van der Waals surface area contributed by atoms with Crippen molar-refractivity contribution in [2.75, 3.05) is 6.61 Å². The summed E-state index contributed by atoms with van der Waals surface area (Å²) in [5.74, 6) is 0. The van der Waals surface area contributed by atoms with Gasteiger partial charge in [0.05, 0.1) is 12.6 Å². The molecule has 6 heteroatoms. The van der Waals surface area contributed by atoms with Crippen molar-refractivity contribution >= 4 is 0 Å². The molecule has 0 bridgehead atoms. The van der Waals surface area contributed by atoms with Crippen molar-refractivity contribution in [1.82, 2.24) is 0 Å². The van der Waals surface area contributed by atoms with Gasteiger partial charge < -0.3 is 25.8 Å². The lowest BCUT2D eigenvalue weighted by atomic mass is 9.98. The van der Waals surface area contributed by atoms with Gasteiger partial charge in [0.2, 0.25) is 6.36 Å². The molecule has 0 aromatic carbocycles. The van der Waals surface area contributed by atoms with Gasteiger partial charge in [-0.05, 0) is 0 Å². The van der Waals surface area contributed by atoms with Gasteiger partial charge in [0.15, 0.2) is 0 Å². The summed E-state index contributed by atoms with van der Waals surface area (Å²) < 4.78 is 17.2. The highest BCUT2D eigenvalue weighted by molar-refractivity contribution is 4.90. The van der Waals surface area contributed by atoms with E-state index in [4.69, 9.17) is 21.1 Å². The van der Waals surface area contributed by atoms with E-state index in [1.807, 2.05) is 0 Å². The SMILES string of the molecule is N[C@H]1C(F)O[C@H](CO)[C@@H](O)[C@@H]1O. The normalized spacial score (nSPS) is 49.2. The first kappa shape index (κ1) is 9.82. The molecule has 72 valence electrons. The minimum Gasteiger partial charge on any atom is -0.394 e. The number of hydrogen-bond acceptors (Lipinski definition) is 5. The maximum absolute atomic E-state index is 12.7. The molecule has 1 aliphatic heterocycles. The molecule has 12 heavy (non-hydrogen) atoms. The number of aliphatic hydroxyl groups excluding tert-OH is 3. The van der Waals surface area contributed by atoms with Gasteiger partial charge in [-0.15, -0.1) is 0 Å². The Kier molecular flexibility index (Phi) is 2.97. The zero-order valence-electron chi connectivity index (χ0n) is 6.30. The third-order valence-corrected chi connectivity index (χ3v) is 1.91. The Morgan fingerprint density at radius 3 is 2.42 bits per heavy atom. The van der Waals surface area contributed by atoms with Gasteiger partial charge in [-0.3, -0.25) is 0 Å². The molecule has 5 atom stereocenters. The molecule has 0 aliphatic carbocycles. The summed E-state index contributed by atoms with van der Waals surface area (Å²) in [5, 5.41) is 26.8. The molecule has 1 unspecified atom stereocenters. The van der Waals surface area contributed by atoms with Crippen molar-refractivity contribution in [3.05, 3.63) is 0 Å². The Balaban J connectivity index is 2.63. The highest BCUT2D eigenvalue weighted by Gasteiger charge is 2.42. The number of hydrogen-bond donors (Lipinski definition) is 4. The van der Waals surface area contributed by atoms with E-state index in [1.165, 1.54) is 0 Å². The molecule has 5 nitrogen and oxygen atoms in total. The van der Waals surface area contributed by atoms with E-state index in [0.717, 1.165) is 0 Å². The Bertz CT molecular complexity index is 154. The average Bonchev–Trinajstić information content (AvgIpc) is 2.08. The van der Waals surface area contributed by atoms with Crippen molar-refractivity contribution in [1.29, 1.82) is 0 Å². The smallest absolute Gasteiger partial charge is 0.217 e. The van der Waals surface area contributed by atoms with E-state index < -0.39 is 37.3 Å². The predicted molar refractivity (Wildman–Crippen MR) is 36.8 cm³/mol. The fourth-order valence-electron chi connectivity index (χ4n) is 1.09. The number of aliphatic hydroxyl groups is 3. The van der Waals surface area contributed by atoms with Gasteiger partial charge in [-0.1, -0.05) is 0 Å². The van der Waals surface area contributed by atoms with Crippen LogP contribution >= 0.6 is 0 Å². The van der Waals surface area contributed by atoms with E-state index >= 15 is 0 Å². The second-order valence-corrected chi connectivity index (χ2v) is 2.77. The third kappa shape index (κ3) is 1.57. The largest absolute Gasteiger partial charge is 0.394 e. The molecule has 0 aromatic rings. The first-order valence-electron chi connectivity index (χ1n) is 3.60. The molecular formula is C6H12FNO4. The van der Waals surface area contributed by atoms with Crippen LogP contribution in [0.4, 0.5) is 4.39 Å². The lowest BCUT2D eigenvalue weighted by Gasteiger charge is -2.37. The first-order valence-corrected chi connectivity index (χ1v) is 3.60. The maximum atomic E-state index is 12.7. The van der Waals surface area contributed by atoms with Crippen LogP contribution in [0.3, 0.4) is 0 Å². The topological polar surface area (TPSA) is 95.9 Å². The second kappa shape index (κ2) is 3.63. The molecule has 1 aliphatic rings. The number of ether oxygens (including phenoxy) is 1. The lowest BCUT2D eigenvalue weighted by molar-refractivity contribution is -0.223. The lowest BCUT2D eigenvalue weighted by Crippen LogP contribution is -2.60. The van der Waals surface area contributed by atoms with E-state index in [-0.39, 0.29) is 0 Å². The summed E-state index contributed by atoms with van der Waals surface area (Å²) in [7, 11) is 0. The minimum absolute atomic E-state index is 0.550. The van der Waals surface area contributed by atoms with E-state index in [1.54, 1.807) is 0 Å². The molecular weight excluding hydrogens is 169 g/mol. The first-order chi connectivity index (χ1) is 5.57. The van der Waals surface area contributed by atoms with Crippen molar-refractivity contribution in [2.45, 2.75) is 30.7 Å². The summed E-state index contributed by atoms with van der Waals surface area (Å²) in [4.78, 5) is 0. The molecule has 1 saturated heterocycles. The molecule has 1 heterocycles. The number of rotatable bonds is 1. The van der Waals surface area contributed by atoms with Gasteiger partial charge in [0.25, 0.3) is 0 Å². The highest BCUT2D eigenvalue weighted by atomic mass is 19.1. The molecule has 0 radical (unpaired) electrons. The fourth-order valence-corrected chi connectivity index (χ4v) is 1.09. The predicted octanol–water partition coefficient (Wildman–Crippen LogP) is -2.28. The second-order valence-electron chi connectivity index (χ2n) is 2.77. The van der Waals surface area contributed by atoms with Crippen molar-refractivity contribution in [3.8, 4) is 0 Å². The van der Waals surface area contributed by atoms with Crippen LogP contribution in [0, 0.1) is 0 Å². The van der Waals surface area contributed by atoms with Crippen molar-refractivity contribution in [3.63, 3.8) is 0 Å². The molecule has 0 saturated carbocycles. The van der Waals surface area contributed by atoms with Crippen LogP contribution < -0.4 is 5.73 Å². The average molecular weight is 181 g/mol. The number of halogens is 1. The maximum Gasteiger partial charge on any atom is 0.217 e. The summed E-state index contributed by atoms with van der Waals surface area (Å²) >= 11 is 0. The van der Waals surface area contributed by atoms with Gasteiger partial charge in [0.1, 0.15) is 18.3 Å². The van der Waals surface area contributed by atoms with Crippen LogP contribution in [0.5, 0.6) is 0 Å². The van der Waals surface area contributed by atoms with Crippen molar-refractivity contribution in [2.24, 2.45) is 5.73 Å². The van der Waals surface area contributed by atoms with Crippen LogP contribution in [-0.2, 0) is 4.74 Å². The quantitative estimate of drug-likeness (QED) is 0.365. The Morgan fingerprint density at radius 2 is 1.92 bits per heavy atom. The molecule has 1 rings (SSSR count). The number of nitrogens with two attached hydrogens (primary N) is 1. The fraction of sp³-hybridized carbons (Fsp3) is 1.00. The summed E-state index contributed by atoms with van der Waals surface area (Å²) in [5.41, 5.74) is 5.14. The number of alkyl halides is 1. The minimum atomic E-state index is -1.85.